The highest BCUT2D eigenvalue weighted by Crippen LogP contribution is 2.23. The van der Waals surface area contributed by atoms with Gasteiger partial charge in [-0.05, 0) is 29.8 Å². The van der Waals surface area contributed by atoms with Crippen molar-refractivity contribution in [1.82, 2.24) is 0 Å². The van der Waals surface area contributed by atoms with Crippen molar-refractivity contribution in [2.24, 2.45) is 5.73 Å². The van der Waals surface area contributed by atoms with E-state index in [-0.39, 0.29) is 10.6 Å². The zero-order chi connectivity index (χ0) is 15.4. The second kappa shape index (κ2) is 6.78. The molecule has 0 aliphatic carbocycles. The molecule has 0 radical (unpaired) electrons. The molecule has 0 fully saturated rings. The Morgan fingerprint density at radius 2 is 1.95 bits per heavy atom. The predicted molar refractivity (Wildman–Crippen MR) is 77.4 cm³/mol. The highest BCUT2D eigenvalue weighted by atomic mass is 32.2. The maximum atomic E-state index is 13.6. The third-order valence-corrected chi connectivity index (χ3v) is 4.41. The number of ether oxygens (including phenoxy) is 1. The topological polar surface area (TPSA) is 52.3 Å². The largest absolute Gasteiger partial charge is 0.496 e. The summed E-state index contributed by atoms with van der Waals surface area (Å²) in [5.41, 5.74) is 7.10. The first-order valence-corrected chi connectivity index (χ1v) is 7.56. The van der Waals surface area contributed by atoms with Gasteiger partial charge in [-0.3, -0.25) is 4.21 Å². The average molecular weight is 311 g/mol. The van der Waals surface area contributed by atoms with Crippen LogP contribution in [0.15, 0.2) is 41.3 Å². The highest BCUT2D eigenvalue weighted by Gasteiger charge is 2.13. The fraction of sp³-hybridized carbons (Fsp3) is 0.200. The Morgan fingerprint density at radius 1 is 1.19 bits per heavy atom. The molecule has 1 unspecified atom stereocenters. The normalized spacial score (nSPS) is 12.2. The summed E-state index contributed by atoms with van der Waals surface area (Å²) >= 11 is 0. The summed E-state index contributed by atoms with van der Waals surface area (Å²) in [7, 11) is -0.162. The minimum atomic E-state index is -1.68. The number of hydrogen-bond acceptors (Lipinski definition) is 3. The van der Waals surface area contributed by atoms with Gasteiger partial charge < -0.3 is 10.5 Å². The number of methoxy groups -OCH3 is 1. The molecule has 0 spiro atoms. The molecular formula is C15H15F2NO2S. The summed E-state index contributed by atoms with van der Waals surface area (Å²) in [6.07, 6.45) is 0. The molecule has 3 nitrogen and oxygen atoms in total. The Labute approximate surface area is 124 Å². The van der Waals surface area contributed by atoms with E-state index >= 15 is 0 Å². The lowest BCUT2D eigenvalue weighted by atomic mass is 10.1. The third-order valence-electron chi connectivity index (χ3n) is 3.01. The number of halogens is 2. The monoisotopic (exact) mass is 311 g/mol. The maximum absolute atomic E-state index is 13.6. The fourth-order valence-corrected chi connectivity index (χ4v) is 3.10. The molecule has 2 aromatic carbocycles. The van der Waals surface area contributed by atoms with Gasteiger partial charge in [-0.25, -0.2) is 8.78 Å². The first kappa shape index (κ1) is 15.6. The van der Waals surface area contributed by atoms with Crippen molar-refractivity contribution in [1.29, 1.82) is 0 Å². The van der Waals surface area contributed by atoms with Crippen LogP contribution in [0.3, 0.4) is 0 Å². The van der Waals surface area contributed by atoms with E-state index in [1.807, 2.05) is 0 Å². The van der Waals surface area contributed by atoms with Crippen molar-refractivity contribution < 1.29 is 17.7 Å². The van der Waals surface area contributed by atoms with E-state index < -0.39 is 22.4 Å². The van der Waals surface area contributed by atoms with Crippen LogP contribution >= 0.6 is 0 Å². The lowest BCUT2D eigenvalue weighted by Gasteiger charge is -2.09. The van der Waals surface area contributed by atoms with Crippen molar-refractivity contribution in [3.05, 3.63) is 59.2 Å². The molecule has 21 heavy (non-hydrogen) atoms. The SMILES string of the molecule is COc1cc(CS(=O)c2cc(F)ccc2F)ccc1CN. The molecule has 0 bridgehead atoms. The van der Waals surface area contributed by atoms with Crippen molar-refractivity contribution >= 4 is 10.8 Å². The summed E-state index contributed by atoms with van der Waals surface area (Å²) in [4.78, 5) is -0.142. The molecule has 2 N–H and O–H groups in total. The van der Waals surface area contributed by atoms with Crippen molar-refractivity contribution in [2.45, 2.75) is 17.2 Å². The van der Waals surface area contributed by atoms with Crippen LogP contribution in [0.5, 0.6) is 5.75 Å². The summed E-state index contributed by atoms with van der Waals surface area (Å²) in [5, 5.41) is 0. The first-order chi connectivity index (χ1) is 10.0. The molecule has 0 saturated heterocycles. The predicted octanol–water partition coefficient (Wildman–Crippen LogP) is 2.74. The van der Waals surface area contributed by atoms with Crippen LogP contribution in [-0.2, 0) is 23.1 Å². The van der Waals surface area contributed by atoms with E-state index in [1.54, 1.807) is 18.2 Å². The Hall–Kier alpha value is -1.79. The van der Waals surface area contributed by atoms with E-state index in [2.05, 4.69) is 0 Å². The zero-order valence-electron chi connectivity index (χ0n) is 11.4. The maximum Gasteiger partial charge on any atom is 0.139 e. The second-order valence-electron chi connectivity index (χ2n) is 4.41. The molecule has 2 rings (SSSR count). The molecular weight excluding hydrogens is 296 g/mol. The Morgan fingerprint density at radius 3 is 2.62 bits per heavy atom. The highest BCUT2D eigenvalue weighted by molar-refractivity contribution is 7.84. The van der Waals surface area contributed by atoms with Gasteiger partial charge >= 0.3 is 0 Å². The number of rotatable bonds is 5. The van der Waals surface area contributed by atoms with Gasteiger partial charge in [-0.2, -0.15) is 0 Å². The zero-order valence-corrected chi connectivity index (χ0v) is 12.3. The van der Waals surface area contributed by atoms with E-state index in [9.17, 15) is 13.0 Å². The van der Waals surface area contributed by atoms with Crippen LogP contribution in [0.25, 0.3) is 0 Å². The summed E-state index contributed by atoms with van der Waals surface area (Å²) < 4.78 is 44.1. The molecule has 2 aromatic rings. The van der Waals surface area contributed by atoms with Crippen LogP contribution in [-0.4, -0.2) is 11.3 Å². The molecule has 0 saturated carbocycles. The van der Waals surface area contributed by atoms with Crippen molar-refractivity contribution in [2.75, 3.05) is 7.11 Å². The number of nitrogens with two attached hydrogens (primary N) is 1. The van der Waals surface area contributed by atoms with Crippen LogP contribution in [0.1, 0.15) is 11.1 Å². The van der Waals surface area contributed by atoms with Gasteiger partial charge in [-0.1, -0.05) is 12.1 Å². The van der Waals surface area contributed by atoms with Gasteiger partial charge in [0.1, 0.15) is 17.4 Å². The van der Waals surface area contributed by atoms with Gasteiger partial charge in [0.05, 0.1) is 28.6 Å². The third kappa shape index (κ3) is 3.65. The lowest BCUT2D eigenvalue weighted by Crippen LogP contribution is -2.03. The van der Waals surface area contributed by atoms with Gasteiger partial charge in [0.2, 0.25) is 0 Å². The molecule has 0 aromatic heterocycles. The fourth-order valence-electron chi connectivity index (χ4n) is 1.93. The second-order valence-corrected chi connectivity index (χ2v) is 5.83. The molecule has 6 heteroatoms. The van der Waals surface area contributed by atoms with Crippen LogP contribution in [0.4, 0.5) is 8.78 Å². The van der Waals surface area contributed by atoms with Crippen LogP contribution in [0, 0.1) is 11.6 Å². The van der Waals surface area contributed by atoms with E-state index in [4.69, 9.17) is 10.5 Å². The number of hydrogen-bond donors (Lipinski definition) is 1. The Kier molecular flexibility index (Phi) is 5.03. The summed E-state index contributed by atoms with van der Waals surface area (Å²) in [5.74, 6) is -0.635. The van der Waals surface area contributed by atoms with Gasteiger partial charge in [0.25, 0.3) is 0 Å². The Bertz CT molecular complexity index is 677. The van der Waals surface area contributed by atoms with Crippen molar-refractivity contribution in [3.8, 4) is 5.75 Å². The van der Waals surface area contributed by atoms with Crippen molar-refractivity contribution in [3.63, 3.8) is 0 Å². The quantitative estimate of drug-likeness (QED) is 0.924. The van der Waals surface area contributed by atoms with Crippen LogP contribution < -0.4 is 10.5 Å². The smallest absolute Gasteiger partial charge is 0.139 e. The van der Waals surface area contributed by atoms with E-state index in [0.717, 1.165) is 23.8 Å². The molecule has 0 aliphatic heterocycles. The lowest BCUT2D eigenvalue weighted by molar-refractivity contribution is 0.409. The number of benzene rings is 2. The Balaban J connectivity index is 2.25. The van der Waals surface area contributed by atoms with E-state index in [0.29, 0.717) is 17.9 Å². The molecule has 0 aliphatic rings. The minimum Gasteiger partial charge on any atom is -0.496 e. The van der Waals surface area contributed by atoms with Crippen LogP contribution in [0.2, 0.25) is 0 Å². The summed E-state index contributed by atoms with van der Waals surface area (Å²) in [6.45, 7) is 0.324. The first-order valence-electron chi connectivity index (χ1n) is 6.24. The summed E-state index contributed by atoms with van der Waals surface area (Å²) in [6, 6.07) is 8.15. The minimum absolute atomic E-state index is 0.0710. The molecule has 112 valence electrons. The molecule has 0 heterocycles. The average Bonchev–Trinajstić information content (AvgIpc) is 2.49. The molecule has 0 amide bonds. The van der Waals surface area contributed by atoms with E-state index in [1.165, 1.54) is 7.11 Å². The van der Waals surface area contributed by atoms with Gasteiger partial charge in [-0.15, -0.1) is 0 Å². The van der Waals surface area contributed by atoms with Gasteiger partial charge in [0.15, 0.2) is 0 Å². The standard InChI is InChI=1S/C15H15F2NO2S/c1-20-14-6-10(2-3-11(14)8-18)9-21(19)15-7-12(16)4-5-13(15)17/h2-7H,8-9,18H2,1H3. The molecule has 1 atom stereocenters. The van der Waals surface area contributed by atoms with Gasteiger partial charge in [0, 0.05) is 12.1 Å².